The van der Waals surface area contributed by atoms with Crippen molar-refractivity contribution in [1.82, 2.24) is 0 Å². The summed E-state index contributed by atoms with van der Waals surface area (Å²) in [6.07, 6.45) is 8.53. The molecule has 1 rings (SSSR count). The average Bonchev–Trinajstić information content (AvgIpc) is 2.49. The van der Waals surface area contributed by atoms with Crippen LogP contribution in [0, 0.1) is 0 Å². The molecule has 0 heterocycles. The maximum absolute atomic E-state index is 9.30. The van der Waals surface area contributed by atoms with Crippen molar-refractivity contribution in [3.8, 4) is 5.75 Å². The quantitative estimate of drug-likeness (QED) is 0.331. The Labute approximate surface area is 167 Å². The summed E-state index contributed by atoms with van der Waals surface area (Å²) in [5, 5.41) is 9.30. The minimum atomic E-state index is -4.67. The second-order valence-electron chi connectivity index (χ2n) is 5.24. The van der Waals surface area contributed by atoms with Gasteiger partial charge in [-0.15, -0.1) is 0 Å². The molecule has 1 atom stereocenters. The van der Waals surface area contributed by atoms with Gasteiger partial charge < -0.3 is 9.84 Å². The second-order valence-corrected chi connectivity index (χ2v) is 6.14. The van der Waals surface area contributed by atoms with Crippen molar-refractivity contribution in [2.24, 2.45) is 0 Å². The molecule has 0 aromatic heterocycles. The molecule has 24 heavy (non-hydrogen) atoms. The summed E-state index contributed by atoms with van der Waals surface area (Å²) in [7, 11) is -4.67. The number of hydrogen-bond acceptors (Lipinski definition) is 4. The summed E-state index contributed by atoms with van der Waals surface area (Å²) in [5.41, 5.74) is 0. The summed E-state index contributed by atoms with van der Waals surface area (Å²) in [4.78, 5) is 0. The second kappa shape index (κ2) is 16.3. The topological polar surface area (TPSA) is 104 Å². The number of aliphatic hydroxyl groups excluding tert-OH is 1. The van der Waals surface area contributed by atoms with Gasteiger partial charge in [0.15, 0.2) is 0 Å². The predicted octanol–water partition coefficient (Wildman–Crippen LogP) is 2.88. The van der Waals surface area contributed by atoms with E-state index in [9.17, 15) is 5.11 Å². The van der Waals surface area contributed by atoms with Crippen LogP contribution in [0.3, 0.4) is 0 Å². The number of rotatable bonds is 10. The Morgan fingerprint density at radius 2 is 1.50 bits per heavy atom. The molecule has 0 saturated carbocycles. The van der Waals surface area contributed by atoms with Gasteiger partial charge in [0, 0.05) is 0 Å². The average molecular weight is 372 g/mol. The molecular weight excluding hydrogens is 343 g/mol. The van der Waals surface area contributed by atoms with Gasteiger partial charge in [0.2, 0.25) is 0 Å². The van der Waals surface area contributed by atoms with Crippen molar-refractivity contribution < 1.29 is 27.4 Å². The van der Waals surface area contributed by atoms with E-state index in [1.807, 2.05) is 30.3 Å². The van der Waals surface area contributed by atoms with Crippen molar-refractivity contribution >= 4 is 40.0 Å². The summed E-state index contributed by atoms with van der Waals surface area (Å²) in [6.45, 7) is 2.33. The Kier molecular flexibility index (Phi) is 17.7. The fourth-order valence-corrected chi connectivity index (χ4v) is 2.03. The Morgan fingerprint density at radius 3 is 2.00 bits per heavy atom. The van der Waals surface area contributed by atoms with Crippen LogP contribution in [0.2, 0.25) is 0 Å². The van der Waals surface area contributed by atoms with Gasteiger partial charge in [-0.3, -0.25) is 9.11 Å². The molecule has 0 aliphatic heterocycles. The molecule has 0 fully saturated rings. The van der Waals surface area contributed by atoms with Gasteiger partial charge in [-0.1, -0.05) is 57.2 Å². The molecule has 1 aromatic rings. The molecule has 8 heteroatoms. The Balaban J connectivity index is 0. The fourth-order valence-electron chi connectivity index (χ4n) is 2.03. The molecule has 0 radical (unpaired) electrons. The molecule has 3 N–H and O–H groups in total. The van der Waals surface area contributed by atoms with Gasteiger partial charge in [-0.05, 0) is 25.0 Å². The van der Waals surface area contributed by atoms with Crippen molar-refractivity contribution in [3.63, 3.8) is 0 Å². The summed E-state index contributed by atoms with van der Waals surface area (Å²) >= 11 is 0. The zero-order valence-corrected chi connectivity index (χ0v) is 14.4. The molecule has 1 aromatic carbocycles. The predicted molar refractivity (Wildman–Crippen MR) is 97.3 cm³/mol. The van der Waals surface area contributed by atoms with Gasteiger partial charge >= 0.3 is 40.0 Å². The van der Waals surface area contributed by atoms with Crippen LogP contribution in [0.5, 0.6) is 5.75 Å². The molecule has 0 spiro atoms. The Morgan fingerprint density at radius 1 is 1.00 bits per heavy atom. The third-order valence-corrected chi connectivity index (χ3v) is 3.13. The summed E-state index contributed by atoms with van der Waals surface area (Å²) in [6, 6.07) is 9.74. The van der Waals surface area contributed by atoms with E-state index in [2.05, 4.69) is 6.92 Å². The normalized spacial score (nSPS) is 11.7. The van der Waals surface area contributed by atoms with Gasteiger partial charge in [-0.25, -0.2) is 0 Å². The van der Waals surface area contributed by atoms with E-state index in [0.717, 1.165) is 18.6 Å². The standard InChI is InChI=1S/C16H26O2.Na.H2O4S.H/c1-2-3-4-5-6-8-13-16(14-17)18-15-11-9-7-10-12-15;;1-5(2,3)4;/h7,9-12,16-17H,2-6,8,13-14H2,1H3;;(H2,1,2,3,4);. The molecule has 0 bridgehead atoms. The van der Waals surface area contributed by atoms with Crippen LogP contribution in [0.1, 0.15) is 51.9 Å². The van der Waals surface area contributed by atoms with Crippen LogP contribution in [0.15, 0.2) is 30.3 Å². The first-order valence-corrected chi connectivity index (χ1v) is 9.29. The van der Waals surface area contributed by atoms with Crippen LogP contribution >= 0.6 is 0 Å². The van der Waals surface area contributed by atoms with Gasteiger partial charge in [0.1, 0.15) is 11.9 Å². The van der Waals surface area contributed by atoms with Gasteiger partial charge in [0.05, 0.1) is 6.61 Å². The maximum atomic E-state index is 9.30. The molecule has 136 valence electrons. The number of benzene rings is 1. The molecule has 0 aliphatic rings. The minimum absolute atomic E-state index is 0. The molecule has 0 amide bonds. The molecule has 0 aliphatic carbocycles. The number of hydrogen-bond donors (Lipinski definition) is 3. The Bertz CT molecular complexity index is 473. The molecule has 6 nitrogen and oxygen atoms in total. The van der Waals surface area contributed by atoms with E-state index in [0.29, 0.717) is 0 Å². The SMILES string of the molecule is CCCCCCCCC(CO)Oc1ccccc1.O=S(=O)(O)O.[NaH]. The van der Waals surface area contributed by atoms with Crippen molar-refractivity contribution in [2.45, 2.75) is 58.0 Å². The van der Waals surface area contributed by atoms with Crippen molar-refractivity contribution in [2.75, 3.05) is 6.61 Å². The van der Waals surface area contributed by atoms with Crippen LogP contribution in [0.25, 0.3) is 0 Å². The van der Waals surface area contributed by atoms with Crippen molar-refractivity contribution in [3.05, 3.63) is 30.3 Å². The first-order chi connectivity index (χ1) is 10.9. The summed E-state index contributed by atoms with van der Waals surface area (Å²) < 4.78 is 37.3. The van der Waals surface area contributed by atoms with Crippen LogP contribution < -0.4 is 4.74 Å². The van der Waals surface area contributed by atoms with Gasteiger partial charge in [-0.2, -0.15) is 8.42 Å². The Hall–Kier alpha value is -0.150. The zero-order chi connectivity index (χ0) is 17.6. The van der Waals surface area contributed by atoms with E-state index >= 15 is 0 Å². The number of aliphatic hydroxyl groups is 1. The van der Waals surface area contributed by atoms with E-state index < -0.39 is 10.4 Å². The summed E-state index contributed by atoms with van der Waals surface area (Å²) in [5.74, 6) is 0.850. The van der Waals surface area contributed by atoms with Crippen molar-refractivity contribution in [1.29, 1.82) is 0 Å². The zero-order valence-electron chi connectivity index (χ0n) is 13.6. The van der Waals surface area contributed by atoms with Crippen LogP contribution in [0.4, 0.5) is 0 Å². The number of para-hydroxylation sites is 1. The number of ether oxygens (including phenoxy) is 1. The molecule has 1 unspecified atom stereocenters. The van der Waals surface area contributed by atoms with E-state index in [1.165, 1.54) is 32.1 Å². The fraction of sp³-hybridized carbons (Fsp3) is 0.625. The first-order valence-electron chi connectivity index (χ1n) is 7.89. The van der Waals surface area contributed by atoms with E-state index in [1.54, 1.807) is 0 Å². The van der Waals surface area contributed by atoms with Crippen LogP contribution in [-0.2, 0) is 10.4 Å². The third-order valence-electron chi connectivity index (χ3n) is 3.13. The van der Waals surface area contributed by atoms with Crippen LogP contribution in [-0.4, -0.2) is 64.9 Å². The first kappa shape index (κ1) is 26.1. The molecular formula is C16H29NaO6S. The van der Waals surface area contributed by atoms with E-state index in [4.69, 9.17) is 22.3 Å². The molecule has 0 saturated heterocycles. The third kappa shape index (κ3) is 19.9. The monoisotopic (exact) mass is 372 g/mol. The number of unbranched alkanes of at least 4 members (excludes halogenated alkanes) is 5. The van der Waals surface area contributed by atoms with E-state index in [-0.39, 0.29) is 42.3 Å². The van der Waals surface area contributed by atoms with Gasteiger partial charge in [0.25, 0.3) is 0 Å².